The molecule has 1 N–H and O–H groups in total. The molecule has 0 radical (unpaired) electrons. The fourth-order valence-corrected chi connectivity index (χ4v) is 9.63. The number of hydrogen-bond acceptors (Lipinski definition) is 10. The summed E-state index contributed by atoms with van der Waals surface area (Å²) in [6, 6.07) is 30.0. The molecule has 0 aromatic heterocycles. The van der Waals surface area contributed by atoms with Gasteiger partial charge in [0, 0.05) is 24.0 Å². The van der Waals surface area contributed by atoms with Crippen LogP contribution in [0.15, 0.2) is 91.0 Å². The Morgan fingerprint density at radius 2 is 1.19 bits per heavy atom. The molecule has 1 unspecified atom stereocenters. The van der Waals surface area contributed by atoms with E-state index in [0.717, 1.165) is 73.3 Å². The predicted molar refractivity (Wildman–Crippen MR) is 212 cm³/mol. The van der Waals surface area contributed by atoms with Crippen LogP contribution in [0.3, 0.4) is 0 Å². The van der Waals surface area contributed by atoms with E-state index < -0.39 is 30.7 Å². The van der Waals surface area contributed by atoms with Gasteiger partial charge in [-0.05, 0) is 48.8 Å². The van der Waals surface area contributed by atoms with Crippen molar-refractivity contribution in [2.75, 3.05) is 25.6 Å². The summed E-state index contributed by atoms with van der Waals surface area (Å²) in [5.74, 6) is 1.20. The Labute approximate surface area is 324 Å². The molecule has 2 saturated heterocycles. The monoisotopic (exact) mass is 766 g/mol. The molecular weight excluding hydrogens is 709 g/mol. The molecule has 0 aliphatic carbocycles. The second-order valence-electron chi connectivity index (χ2n) is 13.8. The molecule has 6 atom stereocenters. The zero-order valence-corrected chi connectivity index (χ0v) is 32.6. The van der Waals surface area contributed by atoms with Crippen LogP contribution in [0, 0.1) is 0 Å². The van der Waals surface area contributed by atoms with E-state index in [1.165, 1.54) is 18.6 Å². The van der Waals surface area contributed by atoms with Gasteiger partial charge in [-0.15, -0.1) is 0 Å². The van der Waals surface area contributed by atoms with Crippen molar-refractivity contribution < 1.29 is 38.3 Å². The molecule has 3 aromatic rings. The van der Waals surface area contributed by atoms with Crippen LogP contribution in [-0.2, 0) is 53.0 Å². The number of aliphatic hydroxyl groups is 1. The summed E-state index contributed by atoms with van der Waals surface area (Å²) >= 11 is 0. The van der Waals surface area contributed by atoms with E-state index in [2.05, 4.69) is 0 Å². The lowest BCUT2D eigenvalue weighted by molar-refractivity contribution is -0.326. The lowest BCUT2D eigenvalue weighted by Crippen LogP contribution is -2.61. The lowest BCUT2D eigenvalue weighted by Gasteiger charge is -2.45. The highest BCUT2D eigenvalue weighted by Crippen LogP contribution is 2.40. The molecule has 53 heavy (non-hydrogen) atoms. The van der Waals surface area contributed by atoms with Crippen molar-refractivity contribution in [2.24, 2.45) is 0 Å². The fraction of sp³-hybridized carbons (Fsp3) is 0.558. The average Bonchev–Trinajstić information content (AvgIpc) is 3.73. The Morgan fingerprint density at radius 1 is 0.642 bits per heavy atom. The fourth-order valence-electron chi connectivity index (χ4n) is 6.60. The second-order valence-corrected chi connectivity index (χ2v) is 16.6. The standard InChI is InChI=1S/C43H58O8S2/c44-30-38-40(48-31-34-18-8-5-9-19-34)41(49-32-35-20-10-6-11-21-35)42(50-33-36-22-12-7-13-23-36)43(51-38)47-28-17-4-2-1-3-16-27-46-39(45)25-15-14-24-37-26-29-52-53-37/h5-13,18-23,37-38,40-44H,1-4,14-17,24-33H2/t37?,38-,40-,41+,42-,43-/m1/s1. The summed E-state index contributed by atoms with van der Waals surface area (Å²) in [5.41, 5.74) is 3.08. The average molecular weight is 767 g/mol. The van der Waals surface area contributed by atoms with Gasteiger partial charge in [-0.2, -0.15) is 0 Å². The van der Waals surface area contributed by atoms with Gasteiger partial charge in [0.2, 0.25) is 0 Å². The van der Waals surface area contributed by atoms with Gasteiger partial charge in [-0.3, -0.25) is 4.79 Å². The van der Waals surface area contributed by atoms with E-state index in [1.807, 2.05) is 113 Å². The minimum Gasteiger partial charge on any atom is -0.466 e. The molecule has 2 fully saturated rings. The van der Waals surface area contributed by atoms with Gasteiger partial charge in [0.25, 0.3) is 0 Å². The first-order valence-corrected chi connectivity index (χ1v) is 21.9. The Balaban J connectivity index is 1.08. The molecule has 0 saturated carbocycles. The maximum atomic E-state index is 12.1. The van der Waals surface area contributed by atoms with Crippen LogP contribution < -0.4 is 0 Å². The van der Waals surface area contributed by atoms with Crippen molar-refractivity contribution in [3.63, 3.8) is 0 Å². The third kappa shape index (κ3) is 15.3. The van der Waals surface area contributed by atoms with E-state index in [0.29, 0.717) is 39.5 Å². The van der Waals surface area contributed by atoms with Crippen molar-refractivity contribution in [1.29, 1.82) is 0 Å². The van der Waals surface area contributed by atoms with E-state index >= 15 is 0 Å². The SMILES string of the molecule is O=C(CCCCC1CCSS1)OCCCCCCCCO[C@@H]1O[C@H](CO)[C@@H](OCc2ccccc2)[C@H](OCc2ccccc2)[C@H]1OCc1ccccc1. The quantitative estimate of drug-likeness (QED) is 0.0512. The second kappa shape index (κ2) is 24.9. The summed E-state index contributed by atoms with van der Waals surface area (Å²) in [7, 11) is 3.98. The van der Waals surface area contributed by atoms with Crippen molar-refractivity contribution in [3.8, 4) is 0 Å². The number of benzene rings is 3. The summed E-state index contributed by atoms with van der Waals surface area (Å²) in [6.07, 6.45) is 7.89. The van der Waals surface area contributed by atoms with Gasteiger partial charge in [0.05, 0.1) is 33.0 Å². The van der Waals surface area contributed by atoms with Gasteiger partial charge in [-0.1, -0.05) is 145 Å². The first kappa shape index (κ1) is 41.7. The van der Waals surface area contributed by atoms with Crippen molar-refractivity contribution in [2.45, 2.75) is 126 Å². The summed E-state index contributed by atoms with van der Waals surface area (Å²) < 4.78 is 38.0. The Morgan fingerprint density at radius 3 is 1.75 bits per heavy atom. The Kier molecular flexibility index (Phi) is 19.6. The molecule has 0 spiro atoms. The normalized spacial score (nSPS) is 22.9. The minimum absolute atomic E-state index is 0.0585. The van der Waals surface area contributed by atoms with E-state index in [9.17, 15) is 9.90 Å². The molecule has 2 aliphatic rings. The van der Waals surface area contributed by atoms with E-state index in [-0.39, 0.29) is 12.6 Å². The van der Waals surface area contributed by atoms with Crippen molar-refractivity contribution >= 4 is 27.6 Å². The summed E-state index contributed by atoms with van der Waals surface area (Å²) in [4.78, 5) is 12.1. The summed E-state index contributed by atoms with van der Waals surface area (Å²) in [5, 5.41) is 11.3. The number of hydrogen-bond donors (Lipinski definition) is 1. The molecule has 10 heteroatoms. The van der Waals surface area contributed by atoms with Crippen molar-refractivity contribution in [1.82, 2.24) is 0 Å². The van der Waals surface area contributed by atoms with Crippen molar-refractivity contribution in [3.05, 3.63) is 108 Å². The third-order valence-electron chi connectivity index (χ3n) is 9.60. The highest BCUT2D eigenvalue weighted by atomic mass is 33.1. The third-order valence-corrected chi connectivity index (χ3v) is 12.6. The number of carbonyl (C=O) groups excluding carboxylic acids is 1. The maximum absolute atomic E-state index is 12.1. The van der Waals surface area contributed by atoms with Crippen LogP contribution in [-0.4, -0.2) is 72.6 Å². The molecule has 0 amide bonds. The first-order valence-electron chi connectivity index (χ1n) is 19.5. The molecule has 5 rings (SSSR count). The number of esters is 1. The number of aliphatic hydroxyl groups excluding tert-OH is 1. The zero-order valence-electron chi connectivity index (χ0n) is 31.0. The van der Waals surface area contributed by atoms with Gasteiger partial charge in [0.15, 0.2) is 6.29 Å². The van der Waals surface area contributed by atoms with Crippen LogP contribution in [0.5, 0.6) is 0 Å². The number of rotatable bonds is 25. The largest absolute Gasteiger partial charge is 0.466 e. The molecule has 8 nitrogen and oxygen atoms in total. The maximum Gasteiger partial charge on any atom is 0.305 e. The van der Waals surface area contributed by atoms with Gasteiger partial charge < -0.3 is 33.5 Å². The van der Waals surface area contributed by atoms with Crippen LogP contribution in [0.25, 0.3) is 0 Å². The first-order chi connectivity index (χ1) is 26.2. The minimum atomic E-state index is -0.747. The highest BCUT2D eigenvalue weighted by molar-refractivity contribution is 8.77. The van der Waals surface area contributed by atoms with E-state index in [4.69, 9.17) is 28.4 Å². The van der Waals surface area contributed by atoms with Crippen LogP contribution in [0.4, 0.5) is 0 Å². The smallest absolute Gasteiger partial charge is 0.305 e. The number of unbranched alkanes of at least 4 members (excludes halogenated alkanes) is 6. The predicted octanol–water partition coefficient (Wildman–Crippen LogP) is 9.07. The zero-order chi connectivity index (χ0) is 36.8. The van der Waals surface area contributed by atoms with Gasteiger partial charge in [-0.25, -0.2) is 0 Å². The Bertz CT molecular complexity index is 1380. The lowest BCUT2D eigenvalue weighted by atomic mass is 9.98. The molecule has 290 valence electrons. The van der Waals surface area contributed by atoms with Gasteiger partial charge >= 0.3 is 5.97 Å². The Hall–Kier alpha value is -2.41. The highest BCUT2D eigenvalue weighted by Gasteiger charge is 2.48. The molecule has 2 aliphatic heterocycles. The topological polar surface area (TPSA) is 92.7 Å². The van der Waals surface area contributed by atoms with Crippen LogP contribution in [0.1, 0.15) is 87.3 Å². The summed E-state index contributed by atoms with van der Waals surface area (Å²) in [6.45, 7) is 1.80. The molecular formula is C43H58O8S2. The molecule has 0 bridgehead atoms. The van der Waals surface area contributed by atoms with Crippen LogP contribution >= 0.6 is 21.6 Å². The number of ether oxygens (including phenoxy) is 6. The molecule has 2 heterocycles. The van der Waals surface area contributed by atoms with E-state index in [1.54, 1.807) is 0 Å². The molecule has 3 aromatic carbocycles. The van der Waals surface area contributed by atoms with Gasteiger partial charge in [0.1, 0.15) is 24.4 Å². The number of carbonyl (C=O) groups is 1. The van der Waals surface area contributed by atoms with Crippen LogP contribution in [0.2, 0.25) is 0 Å².